The Morgan fingerprint density at radius 3 is 1.89 bits per heavy atom. The zero-order valence-electron chi connectivity index (χ0n) is 12.8. The molecule has 0 bridgehead atoms. The quantitative estimate of drug-likeness (QED) is 0.403. The van der Waals surface area contributed by atoms with Crippen LogP contribution in [0.3, 0.4) is 0 Å². The predicted molar refractivity (Wildman–Crippen MR) is 79.1 cm³/mol. The van der Waals surface area contributed by atoms with Crippen LogP contribution < -0.4 is 0 Å². The van der Waals surface area contributed by atoms with E-state index in [4.69, 9.17) is 0 Å². The Kier molecular flexibility index (Phi) is 13.4. The highest BCUT2D eigenvalue weighted by molar-refractivity contribution is 5.69. The Morgan fingerprint density at radius 1 is 0.947 bits per heavy atom. The van der Waals surface area contributed by atoms with Gasteiger partial charge >= 0.3 is 5.97 Å². The molecule has 3 heteroatoms. The molecule has 0 rings (SSSR count). The lowest BCUT2D eigenvalue weighted by molar-refractivity contribution is -0.142. The van der Waals surface area contributed by atoms with E-state index in [1.54, 1.807) is 0 Å². The first-order chi connectivity index (χ1) is 9.20. The number of ether oxygens (including phenoxy) is 1. The monoisotopic (exact) mass is 272 g/mol. The average Bonchev–Trinajstić information content (AvgIpc) is 2.40. The van der Waals surface area contributed by atoms with Crippen LogP contribution in [0.15, 0.2) is 0 Å². The van der Waals surface area contributed by atoms with E-state index in [9.17, 15) is 9.90 Å². The van der Waals surface area contributed by atoms with Gasteiger partial charge in [0.2, 0.25) is 0 Å². The molecule has 0 spiro atoms. The summed E-state index contributed by atoms with van der Waals surface area (Å²) >= 11 is 0. The fraction of sp³-hybridized carbons (Fsp3) is 0.938. The number of unbranched alkanes of at least 4 members (excludes halogenated alkanes) is 9. The molecule has 0 heterocycles. The van der Waals surface area contributed by atoms with E-state index >= 15 is 0 Å². The van der Waals surface area contributed by atoms with E-state index in [2.05, 4.69) is 11.7 Å². The fourth-order valence-corrected chi connectivity index (χ4v) is 2.25. The van der Waals surface area contributed by atoms with Gasteiger partial charge in [0.05, 0.1) is 19.6 Å². The third-order valence-electron chi connectivity index (χ3n) is 3.52. The summed E-state index contributed by atoms with van der Waals surface area (Å²) < 4.78 is 4.52. The van der Waals surface area contributed by atoms with E-state index in [1.807, 2.05) is 0 Å². The summed E-state index contributed by atoms with van der Waals surface area (Å²) in [4.78, 5) is 10.9. The van der Waals surface area contributed by atoms with Crippen LogP contribution in [0.1, 0.15) is 84.0 Å². The Morgan fingerprint density at radius 2 is 1.42 bits per heavy atom. The third-order valence-corrected chi connectivity index (χ3v) is 3.52. The van der Waals surface area contributed by atoms with Crippen molar-refractivity contribution >= 4 is 5.97 Å². The van der Waals surface area contributed by atoms with Crippen molar-refractivity contribution in [3.05, 3.63) is 0 Å². The maximum absolute atomic E-state index is 10.9. The first-order valence-electron chi connectivity index (χ1n) is 7.95. The lowest BCUT2D eigenvalue weighted by atomic mass is 10.0. The summed E-state index contributed by atoms with van der Waals surface area (Å²) in [5, 5.41) is 9.57. The van der Waals surface area contributed by atoms with E-state index in [-0.39, 0.29) is 12.4 Å². The van der Waals surface area contributed by atoms with Gasteiger partial charge < -0.3 is 9.84 Å². The highest BCUT2D eigenvalue weighted by atomic mass is 16.5. The van der Waals surface area contributed by atoms with Gasteiger partial charge in [0.1, 0.15) is 0 Å². The molecule has 0 amide bonds. The Labute approximate surface area is 118 Å². The maximum atomic E-state index is 10.9. The van der Waals surface area contributed by atoms with Crippen molar-refractivity contribution < 1.29 is 14.6 Å². The van der Waals surface area contributed by atoms with Gasteiger partial charge in [0.15, 0.2) is 0 Å². The van der Waals surface area contributed by atoms with Crippen molar-refractivity contribution in [2.75, 3.05) is 7.11 Å². The van der Waals surface area contributed by atoms with Crippen LogP contribution in [-0.4, -0.2) is 24.3 Å². The number of hydrogen-bond acceptors (Lipinski definition) is 3. The number of methoxy groups -OCH3 is 1. The second-order valence-corrected chi connectivity index (χ2v) is 5.40. The van der Waals surface area contributed by atoms with Crippen LogP contribution in [0.2, 0.25) is 0 Å². The van der Waals surface area contributed by atoms with Crippen LogP contribution in [0.25, 0.3) is 0 Å². The van der Waals surface area contributed by atoms with Gasteiger partial charge in [-0.15, -0.1) is 0 Å². The van der Waals surface area contributed by atoms with Gasteiger partial charge in [-0.3, -0.25) is 4.79 Å². The highest BCUT2D eigenvalue weighted by Crippen LogP contribution is 2.12. The number of carbonyl (C=O) groups excluding carboxylic acids is 1. The van der Waals surface area contributed by atoms with Gasteiger partial charge in [-0.2, -0.15) is 0 Å². The Hall–Kier alpha value is -0.570. The number of aliphatic hydroxyl groups is 1. The van der Waals surface area contributed by atoms with Crippen LogP contribution in [-0.2, 0) is 9.53 Å². The molecule has 0 aliphatic rings. The summed E-state index contributed by atoms with van der Waals surface area (Å²) in [6, 6.07) is 0. The SMILES string of the molecule is CCCCCCCCCCCCC(O)CC(=O)OC. The molecule has 0 aliphatic heterocycles. The molecule has 1 N–H and O–H groups in total. The zero-order chi connectivity index (χ0) is 14.3. The largest absolute Gasteiger partial charge is 0.469 e. The Balaban J connectivity index is 3.16. The van der Waals surface area contributed by atoms with Crippen LogP contribution in [0.5, 0.6) is 0 Å². The lowest BCUT2D eigenvalue weighted by Crippen LogP contribution is -2.14. The summed E-state index contributed by atoms with van der Waals surface area (Å²) in [7, 11) is 1.36. The first kappa shape index (κ1) is 18.4. The van der Waals surface area contributed by atoms with E-state index in [0.717, 1.165) is 12.8 Å². The van der Waals surface area contributed by atoms with Crippen LogP contribution >= 0.6 is 0 Å². The summed E-state index contributed by atoms with van der Waals surface area (Å²) in [6.07, 6.45) is 13.2. The van der Waals surface area contributed by atoms with Crippen molar-refractivity contribution in [3.8, 4) is 0 Å². The van der Waals surface area contributed by atoms with Crippen LogP contribution in [0.4, 0.5) is 0 Å². The normalized spacial score (nSPS) is 12.4. The molecule has 114 valence electrons. The molecule has 3 nitrogen and oxygen atoms in total. The van der Waals surface area contributed by atoms with Crippen molar-refractivity contribution in [2.24, 2.45) is 0 Å². The molecule has 0 saturated heterocycles. The molecule has 0 aromatic heterocycles. The minimum Gasteiger partial charge on any atom is -0.469 e. The molecule has 0 aromatic carbocycles. The number of carbonyl (C=O) groups is 1. The number of aliphatic hydroxyl groups excluding tert-OH is 1. The standard InChI is InChI=1S/C16H32O3/c1-3-4-5-6-7-8-9-10-11-12-13-15(17)14-16(18)19-2/h15,17H,3-14H2,1-2H3. The van der Waals surface area contributed by atoms with Gasteiger partial charge in [-0.25, -0.2) is 0 Å². The smallest absolute Gasteiger partial charge is 0.308 e. The molecule has 0 aromatic rings. The topological polar surface area (TPSA) is 46.5 Å². The maximum Gasteiger partial charge on any atom is 0.308 e. The molecule has 1 atom stereocenters. The number of rotatable bonds is 13. The molecular formula is C16H32O3. The molecule has 19 heavy (non-hydrogen) atoms. The van der Waals surface area contributed by atoms with E-state index in [1.165, 1.54) is 58.5 Å². The minimum absolute atomic E-state index is 0.133. The molecule has 0 radical (unpaired) electrons. The van der Waals surface area contributed by atoms with Crippen molar-refractivity contribution in [2.45, 2.75) is 90.1 Å². The van der Waals surface area contributed by atoms with Crippen molar-refractivity contribution in [1.29, 1.82) is 0 Å². The van der Waals surface area contributed by atoms with Gasteiger partial charge in [0.25, 0.3) is 0 Å². The minimum atomic E-state index is -0.526. The second kappa shape index (κ2) is 13.9. The summed E-state index contributed by atoms with van der Waals surface area (Å²) in [5.41, 5.74) is 0. The second-order valence-electron chi connectivity index (χ2n) is 5.40. The zero-order valence-corrected chi connectivity index (χ0v) is 12.8. The van der Waals surface area contributed by atoms with Gasteiger partial charge in [0, 0.05) is 0 Å². The fourth-order valence-electron chi connectivity index (χ4n) is 2.25. The molecule has 0 fully saturated rings. The Bertz CT molecular complexity index is 204. The van der Waals surface area contributed by atoms with Crippen molar-refractivity contribution in [3.63, 3.8) is 0 Å². The molecule has 1 unspecified atom stereocenters. The van der Waals surface area contributed by atoms with Gasteiger partial charge in [-0.05, 0) is 6.42 Å². The summed E-state index contributed by atoms with van der Waals surface area (Å²) in [5.74, 6) is -0.320. The number of hydrogen-bond donors (Lipinski definition) is 1. The van der Waals surface area contributed by atoms with Crippen molar-refractivity contribution in [1.82, 2.24) is 0 Å². The predicted octanol–water partition coefficient (Wildman–Crippen LogP) is 4.22. The lowest BCUT2D eigenvalue weighted by Gasteiger charge is -2.08. The third kappa shape index (κ3) is 13.7. The molecule has 0 aliphatic carbocycles. The molecular weight excluding hydrogens is 240 g/mol. The number of esters is 1. The molecule has 0 saturated carbocycles. The highest BCUT2D eigenvalue weighted by Gasteiger charge is 2.09. The average molecular weight is 272 g/mol. The van der Waals surface area contributed by atoms with E-state index in [0.29, 0.717) is 6.42 Å². The summed E-state index contributed by atoms with van der Waals surface area (Å²) in [6.45, 7) is 2.24. The first-order valence-corrected chi connectivity index (χ1v) is 7.95. The van der Waals surface area contributed by atoms with Crippen LogP contribution in [0, 0.1) is 0 Å². The van der Waals surface area contributed by atoms with Gasteiger partial charge in [-0.1, -0.05) is 71.1 Å². The van der Waals surface area contributed by atoms with E-state index < -0.39 is 6.10 Å².